The van der Waals surface area contributed by atoms with Gasteiger partial charge in [-0.2, -0.15) is 0 Å². The summed E-state index contributed by atoms with van der Waals surface area (Å²) in [7, 11) is 0. The molecule has 0 atom stereocenters. The quantitative estimate of drug-likeness (QED) is 0.567. The second-order valence-electron chi connectivity index (χ2n) is 3.00. The van der Waals surface area contributed by atoms with Crippen LogP contribution in [0.25, 0.3) is 0 Å². The van der Waals surface area contributed by atoms with E-state index in [4.69, 9.17) is 0 Å². The summed E-state index contributed by atoms with van der Waals surface area (Å²) >= 11 is 3.96. The van der Waals surface area contributed by atoms with Crippen molar-refractivity contribution in [2.24, 2.45) is 0 Å². The molecule has 0 heterocycles. The Kier molecular flexibility index (Phi) is 5.39. The molecule has 0 aromatic heterocycles. The van der Waals surface area contributed by atoms with Gasteiger partial charge < -0.3 is 0 Å². The molecule has 1 rings (SSSR count). The van der Waals surface area contributed by atoms with E-state index >= 15 is 0 Å². The number of amides is 2. The van der Waals surface area contributed by atoms with Crippen molar-refractivity contribution in [3.63, 3.8) is 0 Å². The lowest BCUT2D eigenvalue weighted by Gasteiger charge is -2.03. The fourth-order valence-electron chi connectivity index (χ4n) is 0.976. The minimum Gasteiger partial charge on any atom is -0.288 e. The smallest absolute Gasteiger partial charge is 0.265 e. The predicted molar refractivity (Wildman–Crippen MR) is 79.7 cm³/mol. The minimum atomic E-state index is -0.377. The molecule has 0 saturated heterocycles. The van der Waals surface area contributed by atoms with Crippen LogP contribution in [0.1, 0.15) is 17.3 Å². The first kappa shape index (κ1) is 13.6. The van der Waals surface area contributed by atoms with Crippen LogP contribution in [0, 0.1) is 0 Å². The number of allylic oxidation sites excluding steroid dienone is 1. The summed E-state index contributed by atoms with van der Waals surface area (Å²) in [6, 6.07) is 8.65. The van der Waals surface area contributed by atoms with Crippen molar-refractivity contribution in [1.82, 2.24) is 5.32 Å². The molecule has 3 nitrogen and oxygen atoms in total. The van der Waals surface area contributed by atoms with Crippen LogP contribution < -0.4 is 5.32 Å². The van der Waals surface area contributed by atoms with Gasteiger partial charge in [0, 0.05) is 9.14 Å². The summed E-state index contributed by atoms with van der Waals surface area (Å²) in [5, 5.41) is 2.33. The standard InChI is InChI=1S/C11H9I2NO2/c1-7(12)9(13)11(16)14-10(15)8-5-3-2-4-6-8/h2-6H,1H3,(H,14,15,16)/b9-7+. The van der Waals surface area contributed by atoms with Gasteiger partial charge in [0.15, 0.2) is 0 Å². The van der Waals surface area contributed by atoms with Crippen LogP contribution >= 0.6 is 45.2 Å². The zero-order valence-corrected chi connectivity index (χ0v) is 12.8. The molecule has 0 spiro atoms. The van der Waals surface area contributed by atoms with Crippen molar-refractivity contribution in [3.8, 4) is 0 Å². The third-order valence-electron chi connectivity index (χ3n) is 1.76. The lowest BCUT2D eigenvalue weighted by Crippen LogP contribution is -2.30. The first-order valence-corrected chi connectivity index (χ1v) is 6.60. The molecule has 1 aromatic rings. The van der Waals surface area contributed by atoms with Gasteiger partial charge in [0.2, 0.25) is 0 Å². The van der Waals surface area contributed by atoms with Crippen LogP contribution in [0.2, 0.25) is 0 Å². The Bertz CT molecular complexity index is 437. The summed E-state index contributed by atoms with van der Waals surface area (Å²) < 4.78 is 1.39. The summed E-state index contributed by atoms with van der Waals surface area (Å²) in [4.78, 5) is 23.2. The summed E-state index contributed by atoms with van der Waals surface area (Å²) in [6.45, 7) is 1.81. The van der Waals surface area contributed by atoms with E-state index in [0.717, 1.165) is 3.58 Å². The van der Waals surface area contributed by atoms with Crippen LogP contribution in [0.3, 0.4) is 0 Å². The molecule has 0 radical (unpaired) electrons. The fraction of sp³-hybridized carbons (Fsp3) is 0.0909. The first-order valence-electron chi connectivity index (χ1n) is 4.45. The molecule has 1 N–H and O–H groups in total. The molecule has 5 heteroatoms. The van der Waals surface area contributed by atoms with Gasteiger partial charge in [-0.1, -0.05) is 18.2 Å². The van der Waals surface area contributed by atoms with E-state index < -0.39 is 0 Å². The highest BCUT2D eigenvalue weighted by molar-refractivity contribution is 14.1. The van der Waals surface area contributed by atoms with Crippen LogP contribution in [0.4, 0.5) is 0 Å². The maximum atomic E-state index is 11.6. The third kappa shape index (κ3) is 3.85. The van der Waals surface area contributed by atoms with E-state index in [1.807, 2.05) is 58.2 Å². The molecule has 16 heavy (non-hydrogen) atoms. The number of carbonyl (C=O) groups excluding carboxylic acids is 2. The average Bonchev–Trinajstić information content (AvgIpc) is 2.28. The Hall–Kier alpha value is -0.440. The molecule has 0 aliphatic heterocycles. The Labute approximate surface area is 121 Å². The summed E-state index contributed by atoms with van der Waals surface area (Å²) in [6.07, 6.45) is 0. The van der Waals surface area contributed by atoms with Crippen LogP contribution in [0.5, 0.6) is 0 Å². The Morgan fingerprint density at radius 3 is 2.19 bits per heavy atom. The number of carbonyl (C=O) groups is 2. The van der Waals surface area contributed by atoms with Gasteiger partial charge in [-0.05, 0) is 64.2 Å². The molecular formula is C11H9I2NO2. The van der Waals surface area contributed by atoms with Crippen LogP contribution in [-0.4, -0.2) is 11.8 Å². The molecule has 84 valence electrons. The highest BCUT2D eigenvalue weighted by Gasteiger charge is 2.13. The Morgan fingerprint density at radius 2 is 1.69 bits per heavy atom. The van der Waals surface area contributed by atoms with Gasteiger partial charge in [0.05, 0.1) is 3.58 Å². The fourth-order valence-corrected chi connectivity index (χ4v) is 1.36. The number of halogens is 2. The normalized spacial score (nSPS) is 11.7. The highest BCUT2D eigenvalue weighted by Crippen LogP contribution is 2.18. The Morgan fingerprint density at radius 1 is 1.12 bits per heavy atom. The lowest BCUT2D eigenvalue weighted by atomic mass is 10.2. The van der Waals surface area contributed by atoms with Crippen LogP contribution in [-0.2, 0) is 4.79 Å². The van der Waals surface area contributed by atoms with Crippen LogP contribution in [0.15, 0.2) is 37.5 Å². The van der Waals surface area contributed by atoms with Gasteiger partial charge in [-0.3, -0.25) is 14.9 Å². The van der Waals surface area contributed by atoms with Gasteiger partial charge >= 0.3 is 0 Å². The number of imide groups is 1. The number of hydrogen-bond acceptors (Lipinski definition) is 2. The number of benzene rings is 1. The molecule has 1 aromatic carbocycles. The van der Waals surface area contributed by atoms with E-state index in [-0.39, 0.29) is 11.8 Å². The number of nitrogens with one attached hydrogen (secondary N) is 1. The van der Waals surface area contributed by atoms with Crippen molar-refractivity contribution < 1.29 is 9.59 Å². The van der Waals surface area contributed by atoms with Gasteiger partial charge in [0.1, 0.15) is 0 Å². The maximum Gasteiger partial charge on any atom is 0.265 e. The van der Waals surface area contributed by atoms with Crippen molar-refractivity contribution in [2.75, 3.05) is 0 Å². The maximum absolute atomic E-state index is 11.6. The highest BCUT2D eigenvalue weighted by atomic mass is 127. The molecule has 2 amide bonds. The van der Waals surface area contributed by atoms with Crippen molar-refractivity contribution in [2.45, 2.75) is 6.92 Å². The summed E-state index contributed by atoms with van der Waals surface area (Å²) in [5.41, 5.74) is 0.478. The minimum absolute atomic E-state index is 0.360. The van der Waals surface area contributed by atoms with Gasteiger partial charge in [-0.25, -0.2) is 0 Å². The summed E-state index contributed by atoms with van der Waals surface area (Å²) in [5.74, 6) is -0.737. The van der Waals surface area contributed by atoms with Crippen molar-refractivity contribution >= 4 is 57.0 Å². The predicted octanol–water partition coefficient (Wildman–Crippen LogP) is 3.04. The van der Waals surface area contributed by atoms with Crippen molar-refractivity contribution in [3.05, 3.63) is 43.1 Å². The molecule has 0 aliphatic carbocycles. The molecule has 0 fully saturated rings. The topological polar surface area (TPSA) is 46.2 Å². The zero-order chi connectivity index (χ0) is 12.1. The monoisotopic (exact) mass is 441 g/mol. The van der Waals surface area contributed by atoms with E-state index in [1.54, 1.807) is 24.3 Å². The van der Waals surface area contributed by atoms with Gasteiger partial charge in [0.25, 0.3) is 11.8 Å². The zero-order valence-electron chi connectivity index (χ0n) is 8.46. The van der Waals surface area contributed by atoms with E-state index in [0.29, 0.717) is 9.14 Å². The second kappa shape index (κ2) is 6.33. The van der Waals surface area contributed by atoms with Gasteiger partial charge in [-0.15, -0.1) is 0 Å². The SMILES string of the molecule is C/C(I)=C(\I)C(=O)NC(=O)c1ccccc1. The lowest BCUT2D eigenvalue weighted by molar-refractivity contribution is -0.115. The molecule has 0 aliphatic rings. The third-order valence-corrected chi connectivity index (χ3v) is 4.64. The van der Waals surface area contributed by atoms with E-state index in [2.05, 4.69) is 5.32 Å². The molecule has 0 unspecified atom stereocenters. The molecule has 0 saturated carbocycles. The van der Waals surface area contributed by atoms with Crippen molar-refractivity contribution in [1.29, 1.82) is 0 Å². The van der Waals surface area contributed by atoms with E-state index in [1.165, 1.54) is 0 Å². The average molecular weight is 441 g/mol. The molecular weight excluding hydrogens is 432 g/mol. The second-order valence-corrected chi connectivity index (χ2v) is 5.69. The largest absolute Gasteiger partial charge is 0.288 e. The Balaban J connectivity index is 2.74. The molecule has 0 bridgehead atoms. The first-order chi connectivity index (χ1) is 7.52. The number of rotatable bonds is 2. The van der Waals surface area contributed by atoms with E-state index in [9.17, 15) is 9.59 Å². The number of hydrogen-bond donors (Lipinski definition) is 1.